The van der Waals surface area contributed by atoms with Gasteiger partial charge in [0, 0.05) is 11.8 Å². The summed E-state index contributed by atoms with van der Waals surface area (Å²) < 4.78 is 5.22. The summed E-state index contributed by atoms with van der Waals surface area (Å²) in [4.78, 5) is 14.2. The second-order valence-corrected chi connectivity index (χ2v) is 4.78. The van der Waals surface area contributed by atoms with Gasteiger partial charge in [0.25, 0.3) is 0 Å². The molecule has 0 aromatic heterocycles. The zero-order chi connectivity index (χ0) is 15.0. The minimum Gasteiger partial charge on any atom is -0.494 e. The van der Waals surface area contributed by atoms with Crippen LogP contribution in [0.5, 0.6) is 5.75 Å². The maximum Gasteiger partial charge on any atom is 0.238 e. The first-order valence-corrected chi connectivity index (χ1v) is 7.06. The molecule has 5 heteroatoms. The van der Waals surface area contributed by atoms with E-state index in [1.165, 1.54) is 0 Å². The highest BCUT2D eigenvalue weighted by molar-refractivity contribution is 5.94. The van der Waals surface area contributed by atoms with Gasteiger partial charge in [-0.25, -0.2) is 0 Å². The van der Waals surface area contributed by atoms with Crippen LogP contribution in [0.1, 0.15) is 26.7 Å². The van der Waals surface area contributed by atoms with Gasteiger partial charge in [-0.3, -0.25) is 9.69 Å². The molecule has 0 unspecified atom stereocenters. The van der Waals surface area contributed by atoms with Crippen LogP contribution in [0.25, 0.3) is 0 Å². The standard InChI is InChI=1S/C15H25N3O2/c1-4-8-18(9-5-2)11-15(19)17-13-7-6-12(16)10-14(13)20-3/h6-7,10H,4-5,8-9,11,16H2,1-3H3,(H,17,19). The Morgan fingerprint density at radius 3 is 2.50 bits per heavy atom. The number of methoxy groups -OCH3 is 1. The van der Waals surface area contributed by atoms with Gasteiger partial charge in [-0.05, 0) is 38.1 Å². The molecule has 20 heavy (non-hydrogen) atoms. The van der Waals surface area contributed by atoms with E-state index in [2.05, 4.69) is 24.1 Å². The van der Waals surface area contributed by atoms with E-state index >= 15 is 0 Å². The highest BCUT2D eigenvalue weighted by Gasteiger charge is 2.11. The molecule has 0 spiro atoms. The molecule has 3 N–H and O–H groups in total. The highest BCUT2D eigenvalue weighted by atomic mass is 16.5. The number of hydrogen-bond donors (Lipinski definition) is 2. The van der Waals surface area contributed by atoms with Crippen molar-refractivity contribution < 1.29 is 9.53 Å². The highest BCUT2D eigenvalue weighted by Crippen LogP contribution is 2.26. The van der Waals surface area contributed by atoms with Crippen LogP contribution in [-0.4, -0.2) is 37.6 Å². The minimum absolute atomic E-state index is 0.0324. The predicted molar refractivity (Wildman–Crippen MR) is 83.1 cm³/mol. The van der Waals surface area contributed by atoms with Gasteiger partial charge in [-0.1, -0.05) is 13.8 Å². The molecule has 0 saturated carbocycles. The molecule has 0 aliphatic heterocycles. The number of nitrogens with zero attached hydrogens (tertiary/aromatic N) is 1. The van der Waals surface area contributed by atoms with Crippen LogP contribution in [0.15, 0.2) is 18.2 Å². The van der Waals surface area contributed by atoms with Crippen molar-refractivity contribution in [2.75, 3.05) is 37.8 Å². The van der Waals surface area contributed by atoms with Gasteiger partial charge < -0.3 is 15.8 Å². The van der Waals surface area contributed by atoms with E-state index in [9.17, 15) is 4.79 Å². The van der Waals surface area contributed by atoms with E-state index in [0.717, 1.165) is 25.9 Å². The summed E-state index contributed by atoms with van der Waals surface area (Å²) in [6, 6.07) is 5.20. The number of rotatable bonds is 8. The molecule has 0 aliphatic rings. The van der Waals surface area contributed by atoms with Crippen LogP contribution in [0, 0.1) is 0 Å². The lowest BCUT2D eigenvalue weighted by Gasteiger charge is -2.20. The predicted octanol–water partition coefficient (Wildman–Crippen LogP) is 2.34. The maximum absolute atomic E-state index is 12.1. The van der Waals surface area contributed by atoms with Crippen molar-refractivity contribution >= 4 is 17.3 Å². The Kier molecular flexibility index (Phi) is 6.87. The van der Waals surface area contributed by atoms with Crippen LogP contribution in [0.4, 0.5) is 11.4 Å². The van der Waals surface area contributed by atoms with Gasteiger partial charge in [-0.15, -0.1) is 0 Å². The van der Waals surface area contributed by atoms with Crippen molar-refractivity contribution in [3.05, 3.63) is 18.2 Å². The Labute approximate surface area is 121 Å². The Hall–Kier alpha value is -1.75. The van der Waals surface area contributed by atoms with Crippen LogP contribution in [0.3, 0.4) is 0 Å². The summed E-state index contributed by atoms with van der Waals surface area (Å²) in [6.45, 7) is 6.49. The Bertz CT molecular complexity index is 429. The fraction of sp³-hybridized carbons (Fsp3) is 0.533. The quantitative estimate of drug-likeness (QED) is 0.717. The fourth-order valence-electron chi connectivity index (χ4n) is 2.11. The summed E-state index contributed by atoms with van der Waals surface area (Å²) in [5.41, 5.74) is 6.95. The first kappa shape index (κ1) is 16.3. The summed E-state index contributed by atoms with van der Waals surface area (Å²) in [5.74, 6) is 0.547. The van der Waals surface area contributed by atoms with Gasteiger partial charge >= 0.3 is 0 Å². The van der Waals surface area contributed by atoms with E-state index in [1.807, 2.05) is 0 Å². The van der Waals surface area contributed by atoms with Gasteiger partial charge in [0.2, 0.25) is 5.91 Å². The zero-order valence-electron chi connectivity index (χ0n) is 12.6. The number of nitrogens with two attached hydrogens (primary N) is 1. The normalized spacial score (nSPS) is 10.6. The molecule has 0 bridgehead atoms. The molecular weight excluding hydrogens is 254 g/mol. The summed E-state index contributed by atoms with van der Waals surface area (Å²) in [6.07, 6.45) is 2.08. The number of nitrogen functional groups attached to an aromatic ring is 1. The lowest BCUT2D eigenvalue weighted by Crippen LogP contribution is -2.34. The number of nitrogens with one attached hydrogen (secondary N) is 1. The molecule has 1 aromatic carbocycles. The molecular formula is C15H25N3O2. The SMILES string of the molecule is CCCN(CCC)CC(=O)Nc1ccc(N)cc1OC. The molecule has 1 rings (SSSR count). The number of carbonyl (C=O) groups is 1. The third-order valence-electron chi connectivity index (χ3n) is 2.95. The smallest absolute Gasteiger partial charge is 0.238 e. The molecule has 1 amide bonds. The molecule has 1 aromatic rings. The van der Waals surface area contributed by atoms with E-state index in [0.29, 0.717) is 23.7 Å². The molecule has 0 saturated heterocycles. The van der Waals surface area contributed by atoms with Crippen molar-refractivity contribution in [3.8, 4) is 5.75 Å². The van der Waals surface area contributed by atoms with Crippen molar-refractivity contribution in [2.45, 2.75) is 26.7 Å². The Balaban J connectivity index is 2.65. The lowest BCUT2D eigenvalue weighted by molar-refractivity contribution is -0.117. The van der Waals surface area contributed by atoms with Crippen LogP contribution >= 0.6 is 0 Å². The lowest BCUT2D eigenvalue weighted by atomic mass is 10.2. The second-order valence-electron chi connectivity index (χ2n) is 4.78. The number of hydrogen-bond acceptors (Lipinski definition) is 4. The monoisotopic (exact) mass is 279 g/mol. The Morgan fingerprint density at radius 1 is 1.30 bits per heavy atom. The Morgan fingerprint density at radius 2 is 1.95 bits per heavy atom. The first-order chi connectivity index (χ1) is 9.60. The third kappa shape index (κ3) is 5.09. The molecule has 0 radical (unpaired) electrons. The van der Waals surface area contributed by atoms with Gasteiger partial charge in [-0.2, -0.15) is 0 Å². The van der Waals surface area contributed by atoms with Crippen molar-refractivity contribution in [1.82, 2.24) is 4.90 Å². The van der Waals surface area contributed by atoms with Crippen molar-refractivity contribution in [1.29, 1.82) is 0 Å². The van der Waals surface area contributed by atoms with E-state index < -0.39 is 0 Å². The maximum atomic E-state index is 12.1. The number of ether oxygens (including phenoxy) is 1. The number of amides is 1. The molecule has 5 nitrogen and oxygen atoms in total. The minimum atomic E-state index is -0.0324. The van der Waals surface area contributed by atoms with Gasteiger partial charge in [0.1, 0.15) is 5.75 Å². The van der Waals surface area contributed by atoms with Crippen LogP contribution < -0.4 is 15.8 Å². The van der Waals surface area contributed by atoms with Crippen molar-refractivity contribution in [2.24, 2.45) is 0 Å². The zero-order valence-corrected chi connectivity index (χ0v) is 12.6. The summed E-state index contributed by atoms with van der Waals surface area (Å²) in [7, 11) is 1.56. The topological polar surface area (TPSA) is 67.6 Å². The van der Waals surface area contributed by atoms with Crippen LogP contribution in [-0.2, 0) is 4.79 Å². The van der Waals surface area contributed by atoms with E-state index in [1.54, 1.807) is 25.3 Å². The molecule has 112 valence electrons. The summed E-state index contributed by atoms with van der Waals surface area (Å²) in [5, 5.41) is 2.87. The van der Waals surface area contributed by atoms with Gasteiger partial charge in [0.15, 0.2) is 0 Å². The van der Waals surface area contributed by atoms with E-state index in [4.69, 9.17) is 10.5 Å². The third-order valence-corrected chi connectivity index (χ3v) is 2.95. The average Bonchev–Trinajstić information content (AvgIpc) is 2.41. The largest absolute Gasteiger partial charge is 0.494 e. The fourth-order valence-corrected chi connectivity index (χ4v) is 2.11. The molecule has 0 aliphatic carbocycles. The first-order valence-electron chi connectivity index (χ1n) is 7.06. The average molecular weight is 279 g/mol. The van der Waals surface area contributed by atoms with Crippen LogP contribution in [0.2, 0.25) is 0 Å². The molecule has 0 fully saturated rings. The molecule has 0 atom stereocenters. The molecule has 0 heterocycles. The number of benzene rings is 1. The van der Waals surface area contributed by atoms with E-state index in [-0.39, 0.29) is 5.91 Å². The van der Waals surface area contributed by atoms with Gasteiger partial charge in [0.05, 0.1) is 19.3 Å². The van der Waals surface area contributed by atoms with Crippen molar-refractivity contribution in [3.63, 3.8) is 0 Å². The number of anilines is 2. The summed E-state index contributed by atoms with van der Waals surface area (Å²) >= 11 is 0. The number of carbonyl (C=O) groups excluding carboxylic acids is 1. The second kappa shape index (κ2) is 8.43.